The van der Waals surface area contributed by atoms with E-state index in [2.05, 4.69) is 0 Å². The zero-order valence-electron chi connectivity index (χ0n) is 10.00. The maximum atomic E-state index is 11.6. The molecule has 18 heavy (non-hydrogen) atoms. The number of ketones is 1. The molecule has 1 fully saturated rings. The van der Waals surface area contributed by atoms with Crippen LogP contribution < -0.4 is 0 Å². The zero-order valence-corrected chi connectivity index (χ0v) is 10.00. The van der Waals surface area contributed by atoms with Crippen molar-refractivity contribution in [2.45, 2.75) is 18.8 Å². The molecule has 0 unspecified atom stereocenters. The Morgan fingerprint density at radius 2 is 2.11 bits per heavy atom. The van der Waals surface area contributed by atoms with Gasteiger partial charge in [-0.25, -0.2) is 4.79 Å². The Labute approximate surface area is 105 Å². The summed E-state index contributed by atoms with van der Waals surface area (Å²) in [5.41, 5.74) is 0.477. The SMILES string of the molecule is CO[C@@H]1O[C@H](COC(=O)c2ccccc2)CC1=O. The van der Waals surface area contributed by atoms with E-state index in [0.717, 1.165) is 0 Å². The van der Waals surface area contributed by atoms with Crippen LogP contribution in [0.4, 0.5) is 0 Å². The maximum absolute atomic E-state index is 11.6. The molecule has 0 aliphatic carbocycles. The van der Waals surface area contributed by atoms with Gasteiger partial charge in [0.1, 0.15) is 12.7 Å². The molecule has 0 radical (unpaired) electrons. The summed E-state index contributed by atoms with van der Waals surface area (Å²) in [4.78, 5) is 23.0. The van der Waals surface area contributed by atoms with Crippen LogP contribution in [0.2, 0.25) is 0 Å². The highest BCUT2D eigenvalue weighted by molar-refractivity contribution is 5.89. The van der Waals surface area contributed by atoms with Gasteiger partial charge in [-0.05, 0) is 12.1 Å². The summed E-state index contributed by atoms with van der Waals surface area (Å²) in [5, 5.41) is 0. The molecule has 0 spiro atoms. The van der Waals surface area contributed by atoms with Crippen molar-refractivity contribution in [1.29, 1.82) is 0 Å². The lowest BCUT2D eigenvalue weighted by atomic mass is 10.2. The number of ether oxygens (including phenoxy) is 3. The summed E-state index contributed by atoms with van der Waals surface area (Å²) in [6.45, 7) is 0.0549. The molecule has 1 aromatic rings. The lowest BCUT2D eigenvalue weighted by molar-refractivity contribution is -0.152. The van der Waals surface area contributed by atoms with E-state index in [-0.39, 0.29) is 18.8 Å². The monoisotopic (exact) mass is 250 g/mol. The minimum Gasteiger partial charge on any atom is -0.459 e. The molecule has 0 N–H and O–H groups in total. The largest absolute Gasteiger partial charge is 0.459 e. The van der Waals surface area contributed by atoms with Crippen LogP contribution in [0.3, 0.4) is 0 Å². The Bertz CT molecular complexity index is 428. The van der Waals surface area contributed by atoms with E-state index in [1.807, 2.05) is 6.07 Å². The number of carbonyl (C=O) groups excluding carboxylic acids is 2. The molecule has 2 rings (SSSR count). The Hall–Kier alpha value is -1.72. The van der Waals surface area contributed by atoms with Crippen molar-refractivity contribution in [3.05, 3.63) is 35.9 Å². The highest BCUT2D eigenvalue weighted by Gasteiger charge is 2.34. The first-order valence-corrected chi connectivity index (χ1v) is 5.64. The van der Waals surface area contributed by atoms with Gasteiger partial charge in [-0.1, -0.05) is 18.2 Å². The Balaban J connectivity index is 1.83. The van der Waals surface area contributed by atoms with Gasteiger partial charge in [-0.15, -0.1) is 0 Å². The average molecular weight is 250 g/mol. The van der Waals surface area contributed by atoms with Gasteiger partial charge in [-0.3, -0.25) is 4.79 Å². The summed E-state index contributed by atoms with van der Waals surface area (Å²) in [6, 6.07) is 8.67. The second-order valence-electron chi connectivity index (χ2n) is 3.96. The van der Waals surface area contributed by atoms with Crippen LogP contribution in [-0.2, 0) is 19.0 Å². The molecule has 1 aliphatic heterocycles. The molecule has 0 saturated carbocycles. The summed E-state index contributed by atoms with van der Waals surface area (Å²) in [5.74, 6) is -0.550. The third kappa shape index (κ3) is 2.94. The Kier molecular flexibility index (Phi) is 4.07. The van der Waals surface area contributed by atoms with Crippen molar-refractivity contribution in [3.8, 4) is 0 Å². The topological polar surface area (TPSA) is 61.8 Å². The van der Waals surface area contributed by atoms with E-state index in [1.165, 1.54) is 7.11 Å². The number of benzene rings is 1. The van der Waals surface area contributed by atoms with E-state index in [0.29, 0.717) is 5.56 Å². The molecule has 96 valence electrons. The zero-order chi connectivity index (χ0) is 13.0. The van der Waals surface area contributed by atoms with Crippen LogP contribution in [0, 0.1) is 0 Å². The van der Waals surface area contributed by atoms with E-state index in [9.17, 15) is 9.59 Å². The average Bonchev–Trinajstić information content (AvgIpc) is 2.77. The molecule has 1 aromatic carbocycles. The van der Waals surface area contributed by atoms with Crippen LogP contribution in [0.15, 0.2) is 30.3 Å². The molecule has 1 heterocycles. The maximum Gasteiger partial charge on any atom is 0.338 e. The quantitative estimate of drug-likeness (QED) is 0.751. The fraction of sp³-hybridized carbons (Fsp3) is 0.385. The number of esters is 1. The summed E-state index contributed by atoms with van der Waals surface area (Å²) < 4.78 is 15.2. The molecule has 0 amide bonds. The molecule has 2 atom stereocenters. The van der Waals surface area contributed by atoms with Gasteiger partial charge >= 0.3 is 5.97 Å². The fourth-order valence-corrected chi connectivity index (χ4v) is 1.73. The van der Waals surface area contributed by atoms with Crippen molar-refractivity contribution >= 4 is 11.8 Å². The van der Waals surface area contributed by atoms with Gasteiger partial charge in [0.15, 0.2) is 5.78 Å². The smallest absolute Gasteiger partial charge is 0.338 e. The molecule has 1 saturated heterocycles. The predicted molar refractivity (Wildman–Crippen MR) is 62.0 cm³/mol. The number of carbonyl (C=O) groups is 2. The minimum absolute atomic E-state index is 0.0549. The molecular weight excluding hydrogens is 236 g/mol. The second kappa shape index (κ2) is 5.75. The Morgan fingerprint density at radius 3 is 2.72 bits per heavy atom. The van der Waals surface area contributed by atoms with Crippen LogP contribution in [0.1, 0.15) is 16.8 Å². The predicted octanol–water partition coefficient (Wildman–Crippen LogP) is 1.17. The first-order chi connectivity index (χ1) is 8.70. The van der Waals surface area contributed by atoms with Crippen molar-refractivity contribution < 1.29 is 23.8 Å². The number of methoxy groups -OCH3 is 1. The van der Waals surface area contributed by atoms with Crippen molar-refractivity contribution in [2.24, 2.45) is 0 Å². The minimum atomic E-state index is -0.828. The first kappa shape index (κ1) is 12.7. The van der Waals surface area contributed by atoms with Crippen LogP contribution >= 0.6 is 0 Å². The van der Waals surface area contributed by atoms with Gasteiger partial charge in [0.05, 0.1) is 5.56 Å². The first-order valence-electron chi connectivity index (χ1n) is 5.64. The van der Waals surface area contributed by atoms with Crippen molar-refractivity contribution in [3.63, 3.8) is 0 Å². The van der Waals surface area contributed by atoms with Crippen LogP contribution in [0.5, 0.6) is 0 Å². The summed E-state index contributed by atoms with van der Waals surface area (Å²) in [6.07, 6.45) is -1.04. The van der Waals surface area contributed by atoms with Crippen LogP contribution in [-0.4, -0.2) is 37.9 Å². The van der Waals surface area contributed by atoms with Gasteiger partial charge in [-0.2, -0.15) is 0 Å². The van der Waals surface area contributed by atoms with Crippen molar-refractivity contribution in [2.75, 3.05) is 13.7 Å². The second-order valence-corrected chi connectivity index (χ2v) is 3.96. The standard InChI is InChI=1S/C13H14O5/c1-16-13-11(14)7-10(18-13)8-17-12(15)9-5-3-2-4-6-9/h2-6,10,13H,7-8H2,1H3/t10-,13+/m0/s1. The van der Waals surface area contributed by atoms with Crippen LogP contribution in [0.25, 0.3) is 0 Å². The molecule has 5 nitrogen and oxygen atoms in total. The molecule has 1 aliphatic rings. The highest BCUT2D eigenvalue weighted by atomic mass is 16.7. The normalized spacial score (nSPS) is 23.1. The van der Waals surface area contributed by atoms with Crippen molar-refractivity contribution in [1.82, 2.24) is 0 Å². The van der Waals surface area contributed by atoms with Gasteiger partial charge in [0.25, 0.3) is 0 Å². The van der Waals surface area contributed by atoms with Gasteiger partial charge in [0.2, 0.25) is 6.29 Å². The molecule has 0 aromatic heterocycles. The number of Topliss-reactive ketones (excluding diaryl/α,β-unsaturated/α-hetero) is 1. The molecular formula is C13H14O5. The summed E-state index contributed by atoms with van der Waals surface area (Å²) >= 11 is 0. The third-order valence-corrected chi connectivity index (χ3v) is 2.63. The van der Waals surface area contributed by atoms with Gasteiger partial charge < -0.3 is 14.2 Å². The molecule has 5 heteroatoms. The lowest BCUT2D eigenvalue weighted by Crippen LogP contribution is -2.21. The Morgan fingerprint density at radius 1 is 1.39 bits per heavy atom. The third-order valence-electron chi connectivity index (χ3n) is 2.63. The van der Waals surface area contributed by atoms with E-state index in [4.69, 9.17) is 14.2 Å². The van der Waals surface area contributed by atoms with E-state index in [1.54, 1.807) is 24.3 Å². The fourth-order valence-electron chi connectivity index (χ4n) is 1.73. The highest BCUT2D eigenvalue weighted by Crippen LogP contribution is 2.17. The number of hydrogen-bond acceptors (Lipinski definition) is 5. The van der Waals surface area contributed by atoms with E-state index < -0.39 is 18.4 Å². The van der Waals surface area contributed by atoms with Gasteiger partial charge in [0, 0.05) is 13.5 Å². The lowest BCUT2D eigenvalue weighted by Gasteiger charge is -2.11. The molecule has 0 bridgehead atoms. The number of rotatable bonds is 4. The number of hydrogen-bond donors (Lipinski definition) is 0. The van der Waals surface area contributed by atoms with E-state index >= 15 is 0 Å². The summed E-state index contributed by atoms with van der Waals surface area (Å²) in [7, 11) is 1.40.